The Kier molecular flexibility index (Phi) is 4.08. The minimum atomic E-state index is -0.209. The number of hydrogen-bond acceptors (Lipinski definition) is 3. The van der Waals surface area contributed by atoms with Gasteiger partial charge in [0.25, 0.3) is 0 Å². The van der Waals surface area contributed by atoms with Gasteiger partial charge in [-0.1, -0.05) is 23.7 Å². The number of aromatic nitrogens is 1. The molecule has 21 heavy (non-hydrogen) atoms. The third kappa shape index (κ3) is 3.17. The third-order valence-corrected chi connectivity index (χ3v) is 4.38. The van der Waals surface area contributed by atoms with Gasteiger partial charge < -0.3 is 5.32 Å². The average molecular weight is 321 g/mol. The van der Waals surface area contributed by atoms with Gasteiger partial charge in [-0.25, -0.2) is 9.37 Å². The lowest BCUT2D eigenvalue weighted by Gasteiger charge is -2.17. The maximum Gasteiger partial charge on any atom is 0.123 e. The summed E-state index contributed by atoms with van der Waals surface area (Å²) in [5, 5.41) is 4.05. The lowest BCUT2D eigenvalue weighted by molar-refractivity contribution is 0.624. The average Bonchev–Trinajstić information content (AvgIpc) is 2.90. The highest BCUT2D eigenvalue weighted by atomic mass is 35.5. The van der Waals surface area contributed by atoms with E-state index in [9.17, 15) is 4.39 Å². The number of hydrogen-bond donors (Lipinski definition) is 1. The molecule has 0 spiro atoms. The summed E-state index contributed by atoms with van der Waals surface area (Å²) in [4.78, 5) is 4.37. The first kappa shape index (κ1) is 14.3. The molecule has 0 fully saturated rings. The summed E-state index contributed by atoms with van der Waals surface area (Å²) in [7, 11) is 0. The second-order valence-corrected chi connectivity index (χ2v) is 6.29. The van der Waals surface area contributed by atoms with Crippen molar-refractivity contribution in [3.8, 4) is 0 Å². The van der Waals surface area contributed by atoms with Gasteiger partial charge in [-0.05, 0) is 43.2 Å². The topological polar surface area (TPSA) is 24.9 Å². The normalized spacial score (nSPS) is 12.5. The molecule has 0 aliphatic heterocycles. The van der Waals surface area contributed by atoms with E-state index in [1.54, 1.807) is 23.5 Å². The number of thiazole rings is 1. The van der Waals surface area contributed by atoms with Crippen LogP contribution in [0.5, 0.6) is 0 Å². The Bertz CT molecular complexity index is 772. The van der Waals surface area contributed by atoms with E-state index in [-0.39, 0.29) is 11.9 Å². The summed E-state index contributed by atoms with van der Waals surface area (Å²) >= 11 is 7.86. The van der Waals surface area contributed by atoms with E-state index in [0.29, 0.717) is 11.4 Å². The first-order valence-corrected chi connectivity index (χ1v) is 7.92. The Hall–Kier alpha value is -1.65. The molecule has 0 saturated carbocycles. The summed E-state index contributed by atoms with van der Waals surface area (Å²) < 4.78 is 14.3. The number of halogens is 2. The van der Waals surface area contributed by atoms with E-state index >= 15 is 0 Å². The highest BCUT2D eigenvalue weighted by Crippen LogP contribution is 2.32. The maximum atomic E-state index is 13.2. The monoisotopic (exact) mass is 320 g/mol. The van der Waals surface area contributed by atoms with Crippen LogP contribution in [-0.4, -0.2) is 11.0 Å². The largest absolute Gasteiger partial charge is 0.379 e. The molecule has 3 rings (SSSR count). The summed E-state index contributed by atoms with van der Waals surface area (Å²) in [6, 6.07) is 10.6. The Balaban J connectivity index is 1.81. The summed E-state index contributed by atoms with van der Waals surface area (Å²) in [5.41, 5.74) is 4.50. The van der Waals surface area contributed by atoms with Crippen LogP contribution in [0.4, 0.5) is 10.1 Å². The van der Waals surface area contributed by atoms with Gasteiger partial charge in [0.1, 0.15) is 11.3 Å². The van der Waals surface area contributed by atoms with Gasteiger partial charge in [0.15, 0.2) is 0 Å². The van der Waals surface area contributed by atoms with Gasteiger partial charge in [-0.15, -0.1) is 11.3 Å². The molecule has 2 aromatic carbocycles. The molecule has 0 amide bonds. The summed E-state index contributed by atoms with van der Waals surface area (Å²) in [6.07, 6.45) is 0.717. The van der Waals surface area contributed by atoms with Gasteiger partial charge in [0.05, 0.1) is 20.9 Å². The molecule has 0 radical (unpaired) electrons. The fourth-order valence-corrected chi connectivity index (χ4v) is 3.25. The zero-order valence-corrected chi connectivity index (χ0v) is 13.0. The summed E-state index contributed by atoms with van der Waals surface area (Å²) in [6.45, 7) is 2.05. The smallest absolute Gasteiger partial charge is 0.123 e. The predicted octanol–water partition coefficient (Wildman–Crippen LogP) is 5.13. The van der Waals surface area contributed by atoms with E-state index in [1.807, 2.05) is 30.6 Å². The fraction of sp³-hybridized carbons (Fsp3) is 0.188. The summed E-state index contributed by atoms with van der Waals surface area (Å²) in [5.74, 6) is -0.209. The third-order valence-electron chi connectivity index (χ3n) is 3.27. The molecular formula is C16H14ClFN2S. The minimum absolute atomic E-state index is 0.122. The van der Waals surface area contributed by atoms with Crippen molar-refractivity contribution >= 4 is 38.8 Å². The van der Waals surface area contributed by atoms with Crippen LogP contribution in [0.15, 0.2) is 41.9 Å². The van der Waals surface area contributed by atoms with Crippen molar-refractivity contribution in [1.29, 1.82) is 0 Å². The standard InChI is InChI=1S/C16H14ClFN2S/c1-10(7-11-3-2-4-12(18)8-11)20-15-13(17)5-6-14-16(15)19-9-21-14/h2-6,8-10,20H,7H2,1H3. The van der Waals surface area contributed by atoms with Crippen LogP contribution in [0, 0.1) is 5.82 Å². The first-order valence-electron chi connectivity index (χ1n) is 6.66. The van der Waals surface area contributed by atoms with E-state index in [0.717, 1.165) is 21.5 Å². The van der Waals surface area contributed by atoms with Crippen LogP contribution in [0.25, 0.3) is 10.2 Å². The van der Waals surface area contributed by atoms with Crippen molar-refractivity contribution in [2.45, 2.75) is 19.4 Å². The molecular weight excluding hydrogens is 307 g/mol. The Morgan fingerprint density at radius 1 is 1.33 bits per heavy atom. The maximum absolute atomic E-state index is 13.2. The predicted molar refractivity (Wildman–Crippen MR) is 87.8 cm³/mol. The van der Waals surface area contributed by atoms with Crippen LogP contribution in [0.1, 0.15) is 12.5 Å². The van der Waals surface area contributed by atoms with Gasteiger partial charge in [0, 0.05) is 6.04 Å². The van der Waals surface area contributed by atoms with Crippen LogP contribution in [0.3, 0.4) is 0 Å². The molecule has 0 aliphatic rings. The van der Waals surface area contributed by atoms with Gasteiger partial charge in [0.2, 0.25) is 0 Å². The molecule has 0 bridgehead atoms. The van der Waals surface area contributed by atoms with Gasteiger partial charge in [-0.2, -0.15) is 0 Å². The molecule has 2 nitrogen and oxygen atoms in total. The molecule has 1 unspecified atom stereocenters. The first-order chi connectivity index (χ1) is 10.1. The Morgan fingerprint density at radius 2 is 2.19 bits per heavy atom. The number of rotatable bonds is 4. The number of benzene rings is 2. The van der Waals surface area contributed by atoms with E-state index < -0.39 is 0 Å². The van der Waals surface area contributed by atoms with Crippen LogP contribution < -0.4 is 5.32 Å². The van der Waals surface area contributed by atoms with Crippen molar-refractivity contribution in [1.82, 2.24) is 4.98 Å². The van der Waals surface area contributed by atoms with E-state index in [4.69, 9.17) is 11.6 Å². The fourth-order valence-electron chi connectivity index (χ4n) is 2.36. The van der Waals surface area contributed by atoms with Gasteiger partial charge in [-0.3, -0.25) is 0 Å². The van der Waals surface area contributed by atoms with Gasteiger partial charge >= 0.3 is 0 Å². The zero-order chi connectivity index (χ0) is 14.8. The zero-order valence-electron chi connectivity index (χ0n) is 11.4. The number of fused-ring (bicyclic) bond motifs is 1. The quantitative estimate of drug-likeness (QED) is 0.720. The lowest BCUT2D eigenvalue weighted by Crippen LogP contribution is -2.18. The molecule has 0 saturated heterocycles. The molecule has 0 aliphatic carbocycles. The van der Waals surface area contributed by atoms with Crippen LogP contribution >= 0.6 is 22.9 Å². The van der Waals surface area contributed by atoms with Crippen LogP contribution in [-0.2, 0) is 6.42 Å². The Labute approximate surface area is 131 Å². The second kappa shape index (κ2) is 6.00. The lowest BCUT2D eigenvalue weighted by atomic mass is 10.1. The number of anilines is 1. The number of nitrogens with zero attached hydrogens (tertiary/aromatic N) is 1. The molecule has 1 atom stereocenters. The SMILES string of the molecule is CC(Cc1cccc(F)c1)Nc1c(Cl)ccc2scnc12. The van der Waals surface area contributed by atoms with Crippen molar-refractivity contribution < 1.29 is 4.39 Å². The van der Waals surface area contributed by atoms with E-state index in [2.05, 4.69) is 10.3 Å². The highest BCUT2D eigenvalue weighted by molar-refractivity contribution is 7.16. The number of nitrogens with one attached hydrogen (secondary N) is 1. The second-order valence-electron chi connectivity index (χ2n) is 5.00. The molecule has 3 aromatic rings. The van der Waals surface area contributed by atoms with Crippen molar-refractivity contribution in [2.24, 2.45) is 0 Å². The molecule has 1 N–H and O–H groups in total. The molecule has 1 heterocycles. The van der Waals surface area contributed by atoms with E-state index in [1.165, 1.54) is 6.07 Å². The molecule has 108 valence electrons. The van der Waals surface area contributed by atoms with Crippen molar-refractivity contribution in [3.63, 3.8) is 0 Å². The van der Waals surface area contributed by atoms with Crippen molar-refractivity contribution in [2.75, 3.05) is 5.32 Å². The Morgan fingerprint density at radius 3 is 3.00 bits per heavy atom. The van der Waals surface area contributed by atoms with Crippen LogP contribution in [0.2, 0.25) is 5.02 Å². The molecule has 1 aromatic heterocycles. The highest BCUT2D eigenvalue weighted by Gasteiger charge is 2.12. The minimum Gasteiger partial charge on any atom is -0.379 e. The molecule has 5 heteroatoms. The van der Waals surface area contributed by atoms with Crippen molar-refractivity contribution in [3.05, 3.63) is 58.3 Å².